The van der Waals surface area contributed by atoms with Gasteiger partial charge >= 0.3 is 11.9 Å². The van der Waals surface area contributed by atoms with Gasteiger partial charge in [0, 0.05) is 11.1 Å². The molecule has 20 heavy (non-hydrogen) atoms. The van der Waals surface area contributed by atoms with Crippen LogP contribution in [0, 0.1) is 5.92 Å². The quantitative estimate of drug-likeness (QED) is 0.554. The van der Waals surface area contributed by atoms with Crippen molar-refractivity contribution in [2.45, 2.75) is 52.1 Å². The van der Waals surface area contributed by atoms with Crippen molar-refractivity contribution in [1.82, 2.24) is 0 Å². The third-order valence-corrected chi connectivity index (χ3v) is 3.52. The zero-order valence-electron chi connectivity index (χ0n) is 12.4. The number of rotatable bonds is 6. The first-order valence-electron chi connectivity index (χ1n) is 7.09. The maximum absolute atomic E-state index is 11.4. The Morgan fingerprint density at radius 3 is 2.05 bits per heavy atom. The molecule has 0 saturated heterocycles. The molecule has 0 spiro atoms. The summed E-state index contributed by atoms with van der Waals surface area (Å²) in [5, 5.41) is 0. The molecule has 0 aliphatic heterocycles. The topological polar surface area (TPSA) is 52.6 Å². The first-order chi connectivity index (χ1) is 9.40. The summed E-state index contributed by atoms with van der Waals surface area (Å²) in [6.45, 7) is 10.9. The van der Waals surface area contributed by atoms with Crippen molar-refractivity contribution in [2.24, 2.45) is 5.92 Å². The van der Waals surface area contributed by atoms with E-state index in [2.05, 4.69) is 13.2 Å². The summed E-state index contributed by atoms with van der Waals surface area (Å²) in [6.07, 6.45) is 4.61. The first-order valence-corrected chi connectivity index (χ1v) is 7.09. The Balaban J connectivity index is 2.19. The van der Waals surface area contributed by atoms with E-state index in [0.29, 0.717) is 23.7 Å². The summed E-state index contributed by atoms with van der Waals surface area (Å²) in [7, 11) is 0. The molecule has 0 heterocycles. The lowest BCUT2D eigenvalue weighted by molar-refractivity contribution is -0.146. The highest BCUT2D eigenvalue weighted by Crippen LogP contribution is 2.28. The normalized spacial score (nSPS) is 21.9. The Morgan fingerprint density at radius 2 is 1.55 bits per heavy atom. The molecule has 1 aliphatic carbocycles. The van der Waals surface area contributed by atoms with Gasteiger partial charge in [0.15, 0.2) is 0 Å². The maximum Gasteiger partial charge on any atom is 0.333 e. The highest BCUT2D eigenvalue weighted by molar-refractivity contribution is 5.87. The molecule has 112 valence electrons. The van der Waals surface area contributed by atoms with Crippen molar-refractivity contribution in [3.63, 3.8) is 0 Å². The fourth-order valence-corrected chi connectivity index (χ4v) is 2.23. The number of esters is 2. The van der Waals surface area contributed by atoms with E-state index in [1.54, 1.807) is 13.8 Å². The molecule has 0 aromatic heterocycles. The Morgan fingerprint density at radius 1 is 1.00 bits per heavy atom. The highest BCUT2D eigenvalue weighted by Gasteiger charge is 2.24. The lowest BCUT2D eigenvalue weighted by Crippen LogP contribution is -2.25. The van der Waals surface area contributed by atoms with Crippen LogP contribution in [0.1, 0.15) is 46.0 Å². The summed E-state index contributed by atoms with van der Waals surface area (Å²) in [5.74, 6) is -0.0920. The SMILES string of the molecule is C=C(C)C(=O)OCCC1CCC(OC(=O)C(=C)C)CC1. The molecular weight excluding hydrogens is 256 g/mol. The molecule has 0 bridgehead atoms. The predicted octanol–water partition coefficient (Wildman–Crippen LogP) is 3.17. The van der Waals surface area contributed by atoms with Gasteiger partial charge in [0.1, 0.15) is 6.10 Å². The van der Waals surface area contributed by atoms with E-state index in [1.165, 1.54) is 0 Å². The molecule has 1 aliphatic rings. The summed E-state index contributed by atoms with van der Waals surface area (Å²) in [4.78, 5) is 22.7. The molecule has 0 atom stereocenters. The van der Waals surface area contributed by atoms with Crippen molar-refractivity contribution < 1.29 is 19.1 Å². The van der Waals surface area contributed by atoms with Gasteiger partial charge in [0.25, 0.3) is 0 Å². The standard InChI is InChI=1S/C16H24O4/c1-11(2)15(17)19-10-9-13-5-7-14(8-6-13)20-16(18)12(3)4/h13-14H,1,3,5-10H2,2,4H3. The van der Waals surface area contributed by atoms with E-state index in [-0.39, 0.29) is 18.0 Å². The molecule has 0 N–H and O–H groups in total. The van der Waals surface area contributed by atoms with Crippen LogP contribution in [-0.4, -0.2) is 24.6 Å². The van der Waals surface area contributed by atoms with Crippen LogP contribution >= 0.6 is 0 Å². The largest absolute Gasteiger partial charge is 0.462 e. The number of carbonyl (C=O) groups excluding carboxylic acids is 2. The van der Waals surface area contributed by atoms with Gasteiger partial charge in [-0.1, -0.05) is 13.2 Å². The minimum Gasteiger partial charge on any atom is -0.462 e. The third-order valence-electron chi connectivity index (χ3n) is 3.52. The van der Waals surface area contributed by atoms with Crippen LogP contribution in [0.4, 0.5) is 0 Å². The molecular formula is C16H24O4. The number of ether oxygens (including phenoxy) is 2. The lowest BCUT2D eigenvalue weighted by Gasteiger charge is -2.28. The van der Waals surface area contributed by atoms with Crippen molar-refractivity contribution in [2.75, 3.05) is 6.61 Å². The third kappa shape index (κ3) is 5.59. The number of hydrogen-bond donors (Lipinski definition) is 0. The molecule has 1 fully saturated rings. The van der Waals surface area contributed by atoms with Gasteiger partial charge < -0.3 is 9.47 Å². The highest BCUT2D eigenvalue weighted by atomic mass is 16.5. The molecule has 0 unspecified atom stereocenters. The van der Waals surface area contributed by atoms with Gasteiger partial charge in [-0.3, -0.25) is 0 Å². The molecule has 4 nitrogen and oxygen atoms in total. The van der Waals surface area contributed by atoms with Gasteiger partial charge in [0.05, 0.1) is 6.61 Å². The number of hydrogen-bond acceptors (Lipinski definition) is 4. The second-order valence-electron chi connectivity index (χ2n) is 5.53. The van der Waals surface area contributed by atoms with E-state index in [1.807, 2.05) is 0 Å². The van der Waals surface area contributed by atoms with Gasteiger partial charge in [-0.05, 0) is 51.9 Å². The van der Waals surface area contributed by atoms with Crippen molar-refractivity contribution in [1.29, 1.82) is 0 Å². The smallest absolute Gasteiger partial charge is 0.333 e. The van der Waals surface area contributed by atoms with E-state index in [4.69, 9.17) is 9.47 Å². The van der Waals surface area contributed by atoms with Crippen LogP contribution in [0.5, 0.6) is 0 Å². The lowest BCUT2D eigenvalue weighted by atomic mass is 9.85. The minimum atomic E-state index is -0.325. The zero-order chi connectivity index (χ0) is 15.1. The van der Waals surface area contributed by atoms with Crippen LogP contribution < -0.4 is 0 Å². The van der Waals surface area contributed by atoms with E-state index in [9.17, 15) is 9.59 Å². The van der Waals surface area contributed by atoms with Crippen LogP contribution in [0.25, 0.3) is 0 Å². The van der Waals surface area contributed by atoms with Crippen molar-refractivity contribution in [3.8, 4) is 0 Å². The van der Waals surface area contributed by atoms with Gasteiger partial charge in [-0.25, -0.2) is 9.59 Å². The Hall–Kier alpha value is -1.58. The molecule has 4 heteroatoms. The molecule has 0 amide bonds. The van der Waals surface area contributed by atoms with Crippen LogP contribution in [0.3, 0.4) is 0 Å². The molecule has 1 saturated carbocycles. The van der Waals surface area contributed by atoms with Crippen LogP contribution in [-0.2, 0) is 19.1 Å². The van der Waals surface area contributed by atoms with Crippen molar-refractivity contribution >= 4 is 11.9 Å². The monoisotopic (exact) mass is 280 g/mol. The predicted molar refractivity (Wildman–Crippen MR) is 77.0 cm³/mol. The average molecular weight is 280 g/mol. The summed E-state index contributed by atoms with van der Waals surface area (Å²) in [5.41, 5.74) is 0.874. The van der Waals surface area contributed by atoms with E-state index >= 15 is 0 Å². The second kappa shape index (κ2) is 7.88. The number of carbonyl (C=O) groups is 2. The van der Waals surface area contributed by atoms with E-state index < -0.39 is 0 Å². The summed E-state index contributed by atoms with van der Waals surface area (Å²) in [6, 6.07) is 0. The Labute approximate surface area is 120 Å². The molecule has 0 aromatic carbocycles. The van der Waals surface area contributed by atoms with E-state index in [0.717, 1.165) is 32.1 Å². The van der Waals surface area contributed by atoms with Crippen molar-refractivity contribution in [3.05, 3.63) is 24.3 Å². The summed E-state index contributed by atoms with van der Waals surface area (Å²) >= 11 is 0. The maximum atomic E-state index is 11.4. The molecule has 0 aromatic rings. The fourth-order valence-electron chi connectivity index (χ4n) is 2.23. The van der Waals surface area contributed by atoms with Gasteiger partial charge in [0.2, 0.25) is 0 Å². The fraction of sp³-hybridized carbons (Fsp3) is 0.625. The Kier molecular flexibility index (Phi) is 6.49. The first kappa shape index (κ1) is 16.5. The summed E-state index contributed by atoms with van der Waals surface area (Å²) < 4.78 is 10.4. The zero-order valence-corrected chi connectivity index (χ0v) is 12.4. The average Bonchev–Trinajstić information content (AvgIpc) is 2.40. The molecule has 0 radical (unpaired) electrons. The Bertz CT molecular complexity index is 389. The second-order valence-corrected chi connectivity index (χ2v) is 5.53. The van der Waals surface area contributed by atoms with Gasteiger partial charge in [-0.2, -0.15) is 0 Å². The molecule has 1 rings (SSSR count). The van der Waals surface area contributed by atoms with Crippen LogP contribution in [0.2, 0.25) is 0 Å². The van der Waals surface area contributed by atoms with Gasteiger partial charge in [-0.15, -0.1) is 0 Å². The van der Waals surface area contributed by atoms with Crippen LogP contribution in [0.15, 0.2) is 24.3 Å². The minimum absolute atomic E-state index is 0.00780.